The molecule has 21 heavy (non-hydrogen) atoms. The van der Waals surface area contributed by atoms with Crippen molar-refractivity contribution in [2.75, 3.05) is 19.7 Å². The summed E-state index contributed by atoms with van der Waals surface area (Å²) < 4.78 is 18.7. The smallest absolute Gasteiger partial charge is 0.179 e. The molecule has 0 radical (unpaired) electrons. The number of carbonyl (C=O) groups is 1. The van der Waals surface area contributed by atoms with Crippen LogP contribution in [0.4, 0.5) is 4.39 Å². The third kappa shape index (κ3) is 3.87. The van der Waals surface area contributed by atoms with Gasteiger partial charge in [0.1, 0.15) is 5.82 Å². The average Bonchev–Trinajstić information content (AvgIpc) is 2.44. The van der Waals surface area contributed by atoms with Crippen molar-refractivity contribution in [3.05, 3.63) is 35.6 Å². The molecule has 1 N–H and O–H groups in total. The van der Waals surface area contributed by atoms with Gasteiger partial charge in [0, 0.05) is 18.7 Å². The summed E-state index contributed by atoms with van der Waals surface area (Å²) in [6.07, 6.45) is -0.294. The number of hydrogen-bond donors (Lipinski definition) is 1. The molecule has 0 aromatic heterocycles. The maximum Gasteiger partial charge on any atom is 0.179 e. The number of Topliss-reactive ketones (excluding diaryl/α,β-unsaturated/α-hetero) is 1. The molecule has 1 aliphatic rings. The molecule has 116 valence electrons. The summed E-state index contributed by atoms with van der Waals surface area (Å²) >= 11 is 0. The van der Waals surface area contributed by atoms with Crippen molar-refractivity contribution in [1.82, 2.24) is 4.90 Å². The fraction of sp³-hybridized carbons (Fsp3) is 0.562. The molecule has 0 aliphatic carbocycles. The molecule has 0 spiro atoms. The third-order valence-corrected chi connectivity index (χ3v) is 3.77. The molecule has 0 saturated carbocycles. The van der Waals surface area contributed by atoms with Crippen molar-refractivity contribution in [3.8, 4) is 0 Å². The number of ketones is 1. The highest BCUT2D eigenvalue weighted by atomic mass is 19.1. The molecule has 1 fully saturated rings. The van der Waals surface area contributed by atoms with Gasteiger partial charge < -0.3 is 9.84 Å². The van der Waals surface area contributed by atoms with Crippen LogP contribution in [0.25, 0.3) is 0 Å². The molecule has 1 aromatic rings. The molecule has 0 bridgehead atoms. The number of halogens is 1. The molecule has 1 aromatic carbocycles. The van der Waals surface area contributed by atoms with Crippen molar-refractivity contribution in [3.63, 3.8) is 0 Å². The second kappa shape index (κ2) is 6.22. The van der Waals surface area contributed by atoms with Crippen LogP contribution < -0.4 is 0 Å². The molecular weight excluding hydrogens is 273 g/mol. The summed E-state index contributed by atoms with van der Waals surface area (Å²) in [5.41, 5.74) is 0.0805. The van der Waals surface area contributed by atoms with Crippen molar-refractivity contribution in [2.45, 2.75) is 38.5 Å². The van der Waals surface area contributed by atoms with Crippen molar-refractivity contribution >= 4 is 5.78 Å². The standard InChI is InChI=1S/C16H22FNO3/c1-11(15(20)12-4-6-13(17)7-5-12)18-8-14(9-19)21-16(2,3)10-18/h4-7,11,14,19H,8-10H2,1-3H3. The minimum atomic E-state index is -0.414. The fourth-order valence-electron chi connectivity index (χ4n) is 2.75. The highest BCUT2D eigenvalue weighted by Crippen LogP contribution is 2.23. The number of aliphatic hydroxyl groups is 1. The van der Waals surface area contributed by atoms with Crippen LogP contribution in [-0.2, 0) is 4.74 Å². The first-order valence-electron chi connectivity index (χ1n) is 7.15. The number of morpholine rings is 1. The quantitative estimate of drug-likeness (QED) is 0.862. The Morgan fingerprint density at radius 2 is 2.10 bits per heavy atom. The van der Waals surface area contributed by atoms with Crippen LogP contribution in [0.15, 0.2) is 24.3 Å². The van der Waals surface area contributed by atoms with E-state index < -0.39 is 5.60 Å². The molecular formula is C16H22FNO3. The van der Waals surface area contributed by atoms with Crippen LogP contribution >= 0.6 is 0 Å². The van der Waals surface area contributed by atoms with Gasteiger partial charge in [-0.3, -0.25) is 9.69 Å². The summed E-state index contributed by atoms with van der Waals surface area (Å²) in [7, 11) is 0. The molecule has 1 heterocycles. The summed E-state index contributed by atoms with van der Waals surface area (Å²) in [4.78, 5) is 14.5. The van der Waals surface area contributed by atoms with E-state index in [-0.39, 0.29) is 30.4 Å². The van der Waals surface area contributed by atoms with Gasteiger partial charge in [-0.15, -0.1) is 0 Å². The largest absolute Gasteiger partial charge is 0.394 e. The second-order valence-corrected chi connectivity index (χ2v) is 6.16. The lowest BCUT2D eigenvalue weighted by molar-refractivity contribution is -0.152. The zero-order valence-electron chi connectivity index (χ0n) is 12.7. The van der Waals surface area contributed by atoms with E-state index in [1.54, 1.807) is 0 Å². The van der Waals surface area contributed by atoms with E-state index in [0.29, 0.717) is 18.7 Å². The van der Waals surface area contributed by atoms with Crippen molar-refractivity contribution < 1.29 is 19.0 Å². The topological polar surface area (TPSA) is 49.8 Å². The predicted molar refractivity (Wildman–Crippen MR) is 77.8 cm³/mol. The molecule has 2 unspecified atom stereocenters. The normalized spacial score (nSPS) is 23.8. The predicted octanol–water partition coefficient (Wildman–Crippen LogP) is 1.87. The van der Waals surface area contributed by atoms with Crippen molar-refractivity contribution in [2.24, 2.45) is 0 Å². The first-order valence-corrected chi connectivity index (χ1v) is 7.15. The van der Waals surface area contributed by atoms with Gasteiger partial charge in [0.25, 0.3) is 0 Å². The molecule has 2 rings (SSSR count). The Balaban J connectivity index is 2.12. The first-order chi connectivity index (χ1) is 9.82. The molecule has 4 nitrogen and oxygen atoms in total. The lowest BCUT2D eigenvalue weighted by Crippen LogP contribution is -2.57. The van der Waals surface area contributed by atoms with E-state index in [9.17, 15) is 14.3 Å². The average molecular weight is 295 g/mol. The van der Waals surface area contributed by atoms with Crippen LogP contribution in [0.1, 0.15) is 31.1 Å². The number of aliphatic hydroxyl groups excluding tert-OH is 1. The number of rotatable bonds is 4. The Morgan fingerprint density at radius 3 is 2.67 bits per heavy atom. The van der Waals surface area contributed by atoms with Crippen LogP contribution in [0.2, 0.25) is 0 Å². The minimum Gasteiger partial charge on any atom is -0.394 e. The van der Waals surface area contributed by atoms with E-state index in [4.69, 9.17) is 4.74 Å². The SMILES string of the molecule is CC(C(=O)c1ccc(F)cc1)N1CC(CO)OC(C)(C)C1. The second-order valence-electron chi connectivity index (χ2n) is 6.16. The van der Waals surface area contributed by atoms with Crippen LogP contribution in [-0.4, -0.2) is 53.2 Å². The molecule has 0 amide bonds. The minimum absolute atomic E-state index is 0.0515. The monoisotopic (exact) mass is 295 g/mol. The zero-order chi connectivity index (χ0) is 15.6. The van der Waals surface area contributed by atoms with Gasteiger partial charge >= 0.3 is 0 Å². The van der Waals surface area contributed by atoms with Crippen LogP contribution in [0, 0.1) is 5.82 Å². The molecule has 1 saturated heterocycles. The highest BCUT2D eigenvalue weighted by Gasteiger charge is 2.36. The maximum atomic E-state index is 12.9. The summed E-state index contributed by atoms with van der Waals surface area (Å²) in [5.74, 6) is -0.406. The van der Waals surface area contributed by atoms with Gasteiger partial charge in [-0.05, 0) is 45.0 Å². The number of benzene rings is 1. The van der Waals surface area contributed by atoms with Crippen LogP contribution in [0.5, 0.6) is 0 Å². The third-order valence-electron chi connectivity index (χ3n) is 3.77. The Morgan fingerprint density at radius 1 is 1.48 bits per heavy atom. The number of carbonyl (C=O) groups excluding carboxylic acids is 1. The molecule has 2 atom stereocenters. The molecule has 5 heteroatoms. The Labute approximate surface area is 124 Å². The first kappa shape index (κ1) is 16.1. The Bertz CT molecular complexity index is 501. The number of hydrogen-bond acceptors (Lipinski definition) is 4. The summed E-state index contributed by atoms with van der Waals surface area (Å²) in [6.45, 7) is 6.76. The van der Waals surface area contributed by atoms with E-state index in [2.05, 4.69) is 0 Å². The van der Waals surface area contributed by atoms with Gasteiger partial charge in [-0.2, -0.15) is 0 Å². The fourth-order valence-corrected chi connectivity index (χ4v) is 2.75. The Hall–Kier alpha value is -1.30. The number of nitrogens with zero attached hydrogens (tertiary/aromatic N) is 1. The highest BCUT2D eigenvalue weighted by molar-refractivity contribution is 5.99. The summed E-state index contributed by atoms with van der Waals surface area (Å²) in [6, 6.07) is 5.25. The van der Waals surface area contributed by atoms with Gasteiger partial charge in [0.2, 0.25) is 0 Å². The van der Waals surface area contributed by atoms with E-state index >= 15 is 0 Å². The van der Waals surface area contributed by atoms with E-state index in [1.807, 2.05) is 25.7 Å². The Kier molecular flexibility index (Phi) is 4.76. The van der Waals surface area contributed by atoms with Crippen LogP contribution in [0.3, 0.4) is 0 Å². The summed E-state index contributed by atoms with van der Waals surface area (Å²) in [5, 5.41) is 9.33. The van der Waals surface area contributed by atoms with E-state index in [0.717, 1.165) is 0 Å². The van der Waals surface area contributed by atoms with E-state index in [1.165, 1.54) is 24.3 Å². The lowest BCUT2D eigenvalue weighted by atomic mass is 9.99. The van der Waals surface area contributed by atoms with Gasteiger partial charge in [0.15, 0.2) is 5.78 Å². The van der Waals surface area contributed by atoms with Crippen molar-refractivity contribution in [1.29, 1.82) is 0 Å². The van der Waals surface area contributed by atoms with Gasteiger partial charge in [0.05, 0.1) is 24.4 Å². The lowest BCUT2D eigenvalue weighted by Gasteiger charge is -2.44. The molecule has 1 aliphatic heterocycles. The zero-order valence-corrected chi connectivity index (χ0v) is 12.7. The number of ether oxygens (including phenoxy) is 1. The van der Waals surface area contributed by atoms with Gasteiger partial charge in [-0.1, -0.05) is 0 Å². The maximum absolute atomic E-state index is 12.9. The van der Waals surface area contributed by atoms with Gasteiger partial charge in [-0.25, -0.2) is 4.39 Å².